The van der Waals surface area contributed by atoms with Crippen molar-refractivity contribution in [2.45, 2.75) is 26.0 Å². The molecule has 2 aliphatic heterocycles. The summed E-state index contributed by atoms with van der Waals surface area (Å²) in [5.41, 5.74) is 5.48. The van der Waals surface area contributed by atoms with E-state index in [0.717, 1.165) is 59.4 Å². The maximum atomic E-state index is 14.0. The zero-order valence-electron chi connectivity index (χ0n) is 19.4. The Morgan fingerprint density at radius 1 is 1.06 bits per heavy atom. The number of halogens is 2. The van der Waals surface area contributed by atoms with Crippen LogP contribution < -0.4 is 10.4 Å². The number of ether oxygens (including phenoxy) is 1. The van der Waals surface area contributed by atoms with Crippen molar-refractivity contribution in [1.82, 2.24) is 14.5 Å². The molecule has 3 aromatic carbocycles. The van der Waals surface area contributed by atoms with Gasteiger partial charge in [0.15, 0.2) is 0 Å². The van der Waals surface area contributed by atoms with Gasteiger partial charge >= 0.3 is 5.69 Å². The van der Waals surface area contributed by atoms with Crippen molar-refractivity contribution in [3.63, 3.8) is 0 Å². The minimum absolute atomic E-state index is 0.0998. The van der Waals surface area contributed by atoms with E-state index in [0.29, 0.717) is 11.3 Å². The van der Waals surface area contributed by atoms with E-state index in [2.05, 4.69) is 16.8 Å². The number of aromatic amines is 1. The van der Waals surface area contributed by atoms with Gasteiger partial charge in [0.2, 0.25) is 0 Å². The minimum atomic E-state index is -0.394. The van der Waals surface area contributed by atoms with Gasteiger partial charge in [0, 0.05) is 30.3 Å². The van der Waals surface area contributed by atoms with Gasteiger partial charge in [-0.3, -0.25) is 4.57 Å². The molecule has 1 atom stereocenters. The fourth-order valence-electron chi connectivity index (χ4n) is 5.32. The molecule has 1 aromatic heterocycles. The second-order valence-electron chi connectivity index (χ2n) is 9.20. The van der Waals surface area contributed by atoms with E-state index in [1.54, 1.807) is 12.1 Å². The van der Waals surface area contributed by atoms with Gasteiger partial charge in [-0.15, -0.1) is 0 Å². The summed E-state index contributed by atoms with van der Waals surface area (Å²) in [4.78, 5) is 18.2. The molecule has 0 saturated carbocycles. The summed E-state index contributed by atoms with van der Waals surface area (Å²) in [5.74, 6) is -0.331. The van der Waals surface area contributed by atoms with Crippen LogP contribution in [0.1, 0.15) is 41.6 Å². The van der Waals surface area contributed by atoms with Crippen molar-refractivity contribution >= 4 is 22.7 Å². The Hall–Kier alpha value is -3.71. The molecule has 3 heterocycles. The predicted molar refractivity (Wildman–Crippen MR) is 132 cm³/mol. The summed E-state index contributed by atoms with van der Waals surface area (Å²) in [6, 6.07) is 15.1. The maximum absolute atomic E-state index is 14.0. The van der Waals surface area contributed by atoms with Gasteiger partial charge in [0.1, 0.15) is 24.0 Å². The van der Waals surface area contributed by atoms with Crippen LogP contribution in [-0.2, 0) is 6.61 Å². The van der Waals surface area contributed by atoms with Crippen molar-refractivity contribution in [3.05, 3.63) is 99.0 Å². The Morgan fingerprint density at radius 3 is 2.66 bits per heavy atom. The molecule has 1 fully saturated rings. The van der Waals surface area contributed by atoms with E-state index in [1.807, 2.05) is 28.8 Å². The lowest BCUT2D eigenvalue weighted by Crippen LogP contribution is -2.26. The first-order valence-corrected chi connectivity index (χ1v) is 11.9. The number of nitrogens with zero attached hydrogens (tertiary/aromatic N) is 2. The summed E-state index contributed by atoms with van der Waals surface area (Å²) in [6.45, 7) is 5.12. The molecule has 7 heteroatoms. The number of benzene rings is 3. The van der Waals surface area contributed by atoms with Gasteiger partial charge in [-0.2, -0.15) is 0 Å². The molecular weight excluding hydrogens is 448 g/mol. The molecule has 1 N–H and O–H groups in total. The minimum Gasteiger partial charge on any atom is -0.488 e. The fraction of sp³-hybridized carbons (Fsp3) is 0.250. The topological polar surface area (TPSA) is 50.3 Å². The maximum Gasteiger partial charge on any atom is 0.326 e. The number of fused-ring (bicyclic) bond motifs is 3. The van der Waals surface area contributed by atoms with E-state index in [-0.39, 0.29) is 24.2 Å². The highest BCUT2D eigenvalue weighted by Gasteiger charge is 2.26. The fourth-order valence-corrected chi connectivity index (χ4v) is 5.32. The summed E-state index contributed by atoms with van der Waals surface area (Å²) in [7, 11) is 0. The van der Waals surface area contributed by atoms with Crippen LogP contribution in [-0.4, -0.2) is 34.1 Å². The van der Waals surface area contributed by atoms with E-state index in [9.17, 15) is 13.6 Å². The Morgan fingerprint density at radius 2 is 1.86 bits per heavy atom. The number of hydrogen-bond acceptors (Lipinski definition) is 3. The van der Waals surface area contributed by atoms with Gasteiger partial charge < -0.3 is 14.6 Å². The molecule has 0 amide bonds. The molecular formula is C28H25F2N3O2. The van der Waals surface area contributed by atoms with Gasteiger partial charge in [0.05, 0.1) is 17.1 Å². The van der Waals surface area contributed by atoms with Crippen LogP contribution in [0.4, 0.5) is 8.78 Å². The number of hydrogen-bond donors (Lipinski definition) is 1. The first-order valence-electron chi connectivity index (χ1n) is 11.9. The molecule has 6 rings (SSSR count). The monoisotopic (exact) mass is 473 g/mol. The summed E-state index contributed by atoms with van der Waals surface area (Å²) in [5, 5.41) is 0. The predicted octanol–water partition coefficient (Wildman–Crippen LogP) is 5.36. The van der Waals surface area contributed by atoms with Crippen molar-refractivity contribution < 1.29 is 13.5 Å². The van der Waals surface area contributed by atoms with E-state index in [1.165, 1.54) is 24.3 Å². The van der Waals surface area contributed by atoms with Crippen LogP contribution >= 0.6 is 0 Å². The molecule has 178 valence electrons. The summed E-state index contributed by atoms with van der Waals surface area (Å²) < 4.78 is 35.7. The number of imidazole rings is 1. The molecule has 2 aliphatic rings. The normalized spacial score (nSPS) is 18.9. The Labute approximate surface area is 201 Å². The molecule has 0 radical (unpaired) electrons. The quantitative estimate of drug-likeness (QED) is 0.436. The highest BCUT2D eigenvalue weighted by atomic mass is 19.1. The van der Waals surface area contributed by atoms with E-state index in [4.69, 9.17) is 4.74 Å². The zero-order valence-corrected chi connectivity index (χ0v) is 19.4. The largest absolute Gasteiger partial charge is 0.488 e. The van der Waals surface area contributed by atoms with Gasteiger partial charge in [0.25, 0.3) is 0 Å². The molecule has 0 spiro atoms. The smallest absolute Gasteiger partial charge is 0.326 e. The third-order valence-corrected chi connectivity index (χ3v) is 7.09. The van der Waals surface area contributed by atoms with E-state index < -0.39 is 5.82 Å². The standard InChI is InChI=1S/C28H25F2N3O2/c1-2-32-10-9-21(15-32)33-26-8-3-17(12-25(26)31-28(33)34)11-24-22-6-4-19(29)13-18(22)16-35-27-14-20(30)5-7-23(24)27/h3-8,11-14,21H,2,9-10,15-16H2,1H3,(H,31,34)/t21-/m0/s1. The average Bonchev–Trinajstić information content (AvgIpc) is 3.40. The number of aromatic nitrogens is 2. The van der Waals surface area contributed by atoms with Crippen LogP contribution in [0.3, 0.4) is 0 Å². The summed E-state index contributed by atoms with van der Waals surface area (Å²) >= 11 is 0. The zero-order chi connectivity index (χ0) is 24.1. The number of H-pyrrole nitrogens is 1. The number of likely N-dealkylation sites (N-methyl/N-ethyl adjacent to an activating group) is 1. The van der Waals surface area contributed by atoms with Crippen molar-refractivity contribution in [2.75, 3.05) is 19.6 Å². The van der Waals surface area contributed by atoms with Gasteiger partial charge in [-0.1, -0.05) is 19.1 Å². The van der Waals surface area contributed by atoms with Crippen LogP contribution in [0.25, 0.3) is 22.7 Å². The Kier molecular flexibility index (Phi) is 5.29. The lowest BCUT2D eigenvalue weighted by atomic mass is 9.92. The van der Waals surface area contributed by atoms with Crippen LogP contribution in [0.2, 0.25) is 0 Å². The first kappa shape index (κ1) is 21.8. The molecule has 1 saturated heterocycles. The number of likely N-dealkylation sites (tertiary alicyclic amines) is 1. The third kappa shape index (κ3) is 3.86. The van der Waals surface area contributed by atoms with Gasteiger partial charge in [-0.05, 0) is 72.1 Å². The Balaban J connectivity index is 1.47. The van der Waals surface area contributed by atoms with Crippen molar-refractivity contribution in [1.29, 1.82) is 0 Å². The molecule has 35 heavy (non-hydrogen) atoms. The lowest BCUT2D eigenvalue weighted by molar-refractivity contribution is 0.305. The molecule has 0 unspecified atom stereocenters. The number of rotatable bonds is 3. The highest BCUT2D eigenvalue weighted by Crippen LogP contribution is 2.39. The third-order valence-electron chi connectivity index (χ3n) is 7.09. The van der Waals surface area contributed by atoms with Crippen LogP contribution in [0.15, 0.2) is 59.4 Å². The van der Waals surface area contributed by atoms with Crippen LogP contribution in [0.5, 0.6) is 5.75 Å². The molecule has 4 aromatic rings. The van der Waals surface area contributed by atoms with Gasteiger partial charge in [-0.25, -0.2) is 13.6 Å². The van der Waals surface area contributed by atoms with E-state index >= 15 is 0 Å². The van der Waals surface area contributed by atoms with Crippen LogP contribution in [0, 0.1) is 11.6 Å². The first-order chi connectivity index (χ1) is 17.0. The second kappa shape index (κ2) is 8.50. The number of nitrogens with one attached hydrogen (secondary N) is 1. The average molecular weight is 474 g/mol. The lowest BCUT2D eigenvalue weighted by Gasteiger charge is -2.14. The SMILES string of the molecule is CCN1CC[C@H](n2c(=O)[nH]c3cc(C=C4c5ccc(F)cc5COc5cc(F)ccc54)ccc32)C1. The highest BCUT2D eigenvalue weighted by molar-refractivity contribution is 5.95. The second-order valence-corrected chi connectivity index (χ2v) is 9.20. The Bertz CT molecular complexity index is 1480. The molecule has 0 bridgehead atoms. The van der Waals surface area contributed by atoms with Crippen molar-refractivity contribution in [2.24, 2.45) is 0 Å². The molecule has 0 aliphatic carbocycles. The van der Waals surface area contributed by atoms with Crippen molar-refractivity contribution in [3.8, 4) is 5.75 Å². The molecule has 5 nitrogen and oxygen atoms in total. The summed E-state index contributed by atoms with van der Waals surface area (Å²) in [6.07, 6.45) is 2.93.